The van der Waals surface area contributed by atoms with Gasteiger partial charge in [0.25, 0.3) is 0 Å². The third kappa shape index (κ3) is 3.42. The van der Waals surface area contributed by atoms with E-state index >= 15 is 0 Å². The SMILES string of the molecule is CCOc1ccc(Cc2cc([C@@]34C[C@@](CO)(CO3)C(O)[C@H](O)C4O)ccc2Cl)cc1. The van der Waals surface area contributed by atoms with Gasteiger partial charge in [-0.1, -0.05) is 35.9 Å². The summed E-state index contributed by atoms with van der Waals surface area (Å²) in [6.07, 6.45) is -3.22. The van der Waals surface area contributed by atoms with Crippen molar-refractivity contribution in [1.82, 2.24) is 0 Å². The van der Waals surface area contributed by atoms with Crippen LogP contribution in [0.25, 0.3) is 0 Å². The molecule has 2 aromatic carbocycles. The van der Waals surface area contributed by atoms with Crippen molar-refractivity contribution in [3.63, 3.8) is 0 Å². The molecule has 30 heavy (non-hydrogen) atoms. The summed E-state index contributed by atoms with van der Waals surface area (Å²) in [4.78, 5) is 0. The zero-order chi connectivity index (χ0) is 21.5. The summed E-state index contributed by atoms with van der Waals surface area (Å²) in [6.45, 7) is 2.25. The molecule has 1 heterocycles. The van der Waals surface area contributed by atoms with Crippen LogP contribution in [-0.2, 0) is 16.8 Å². The van der Waals surface area contributed by atoms with Gasteiger partial charge >= 0.3 is 0 Å². The minimum absolute atomic E-state index is 0.0512. The molecule has 1 saturated carbocycles. The van der Waals surface area contributed by atoms with Crippen molar-refractivity contribution >= 4 is 11.6 Å². The molecule has 5 atom stereocenters. The number of halogens is 1. The maximum atomic E-state index is 10.8. The van der Waals surface area contributed by atoms with Crippen LogP contribution >= 0.6 is 11.6 Å². The first-order valence-corrected chi connectivity index (χ1v) is 10.5. The fourth-order valence-corrected chi connectivity index (χ4v) is 4.89. The van der Waals surface area contributed by atoms with Gasteiger partial charge in [-0.15, -0.1) is 0 Å². The minimum Gasteiger partial charge on any atom is -0.494 e. The number of fused-ring (bicyclic) bond motifs is 2. The number of hydrogen-bond acceptors (Lipinski definition) is 6. The zero-order valence-corrected chi connectivity index (χ0v) is 17.5. The summed E-state index contributed by atoms with van der Waals surface area (Å²) in [5.41, 5.74) is 0.353. The summed E-state index contributed by atoms with van der Waals surface area (Å²) in [5.74, 6) is 0.803. The van der Waals surface area contributed by atoms with Crippen LogP contribution in [0.1, 0.15) is 30.0 Å². The smallest absolute Gasteiger partial charge is 0.122 e. The average Bonchev–Trinajstić information content (AvgIpc) is 3.14. The average molecular weight is 435 g/mol. The lowest BCUT2D eigenvalue weighted by atomic mass is 9.64. The molecule has 2 aromatic rings. The van der Waals surface area contributed by atoms with Gasteiger partial charge in [-0.05, 0) is 54.7 Å². The lowest BCUT2D eigenvalue weighted by molar-refractivity contribution is -0.188. The van der Waals surface area contributed by atoms with Crippen LogP contribution in [0.5, 0.6) is 5.75 Å². The van der Waals surface area contributed by atoms with Gasteiger partial charge in [0.2, 0.25) is 0 Å². The zero-order valence-electron chi connectivity index (χ0n) is 16.8. The predicted octanol–water partition coefficient (Wildman–Crippen LogP) is 2.02. The highest BCUT2D eigenvalue weighted by molar-refractivity contribution is 6.31. The molecule has 7 heteroatoms. The van der Waals surface area contributed by atoms with E-state index in [0.29, 0.717) is 23.6 Å². The largest absolute Gasteiger partial charge is 0.494 e. The summed E-state index contributed by atoms with van der Waals surface area (Å²) < 4.78 is 11.5. The maximum Gasteiger partial charge on any atom is 0.122 e. The van der Waals surface area contributed by atoms with Crippen LogP contribution in [0.3, 0.4) is 0 Å². The summed E-state index contributed by atoms with van der Waals surface area (Å²) >= 11 is 6.45. The van der Waals surface area contributed by atoms with Gasteiger partial charge in [-0.3, -0.25) is 0 Å². The van der Waals surface area contributed by atoms with Crippen LogP contribution in [0.15, 0.2) is 42.5 Å². The van der Waals surface area contributed by atoms with E-state index in [-0.39, 0.29) is 19.6 Å². The molecule has 2 unspecified atom stereocenters. The van der Waals surface area contributed by atoms with Crippen LogP contribution in [0, 0.1) is 5.41 Å². The van der Waals surface area contributed by atoms with Crippen molar-refractivity contribution in [3.8, 4) is 5.75 Å². The van der Waals surface area contributed by atoms with Crippen LogP contribution < -0.4 is 4.74 Å². The van der Waals surface area contributed by atoms with E-state index in [0.717, 1.165) is 16.9 Å². The molecule has 6 nitrogen and oxygen atoms in total. The van der Waals surface area contributed by atoms with Gasteiger partial charge in [-0.2, -0.15) is 0 Å². The van der Waals surface area contributed by atoms with E-state index in [4.69, 9.17) is 21.1 Å². The lowest BCUT2D eigenvalue weighted by Gasteiger charge is -2.46. The van der Waals surface area contributed by atoms with E-state index in [2.05, 4.69) is 0 Å². The van der Waals surface area contributed by atoms with Crippen molar-refractivity contribution in [2.75, 3.05) is 19.8 Å². The third-order valence-corrected chi connectivity index (χ3v) is 6.83. The summed E-state index contributed by atoms with van der Waals surface area (Å²) in [7, 11) is 0. The Labute approximate surface area is 180 Å². The Morgan fingerprint density at radius 1 is 1.10 bits per heavy atom. The first-order chi connectivity index (χ1) is 14.3. The first-order valence-electron chi connectivity index (χ1n) is 10.1. The van der Waals surface area contributed by atoms with E-state index in [9.17, 15) is 20.4 Å². The molecule has 162 valence electrons. The molecule has 1 aliphatic carbocycles. The number of aliphatic hydroxyl groups is 4. The highest BCUT2D eigenvalue weighted by Crippen LogP contribution is 2.55. The van der Waals surface area contributed by atoms with Crippen molar-refractivity contribution < 1.29 is 29.9 Å². The quantitative estimate of drug-likeness (QED) is 0.555. The van der Waals surface area contributed by atoms with E-state index in [1.807, 2.05) is 37.3 Å². The Bertz CT molecular complexity index is 903. The molecule has 2 fully saturated rings. The predicted molar refractivity (Wildman–Crippen MR) is 112 cm³/mol. The molecule has 0 radical (unpaired) electrons. The van der Waals surface area contributed by atoms with Gasteiger partial charge < -0.3 is 29.9 Å². The second-order valence-corrected chi connectivity index (χ2v) is 8.72. The number of benzene rings is 2. The third-order valence-electron chi connectivity index (χ3n) is 6.46. The van der Waals surface area contributed by atoms with Gasteiger partial charge in [0.1, 0.15) is 23.6 Å². The van der Waals surface area contributed by atoms with Gasteiger partial charge in [-0.25, -0.2) is 0 Å². The van der Waals surface area contributed by atoms with E-state index in [1.165, 1.54) is 0 Å². The Balaban J connectivity index is 1.66. The van der Waals surface area contributed by atoms with Crippen molar-refractivity contribution in [2.45, 2.75) is 43.7 Å². The molecule has 2 bridgehead atoms. The van der Waals surface area contributed by atoms with Gasteiger partial charge in [0.15, 0.2) is 0 Å². The number of aliphatic hydroxyl groups excluding tert-OH is 4. The van der Waals surface area contributed by atoms with Crippen LogP contribution in [0.2, 0.25) is 5.02 Å². The lowest BCUT2D eigenvalue weighted by Crippen LogP contribution is -2.60. The molecule has 1 saturated heterocycles. The van der Waals surface area contributed by atoms with Crippen molar-refractivity contribution in [3.05, 3.63) is 64.2 Å². The van der Waals surface area contributed by atoms with Crippen LogP contribution in [0.4, 0.5) is 0 Å². The van der Waals surface area contributed by atoms with E-state index in [1.54, 1.807) is 12.1 Å². The summed E-state index contributed by atoms with van der Waals surface area (Å²) in [6, 6.07) is 13.2. The van der Waals surface area contributed by atoms with Crippen molar-refractivity contribution in [2.24, 2.45) is 5.41 Å². The second-order valence-electron chi connectivity index (χ2n) is 8.32. The molecule has 0 amide bonds. The number of ether oxygens (including phenoxy) is 2. The molecule has 0 spiro atoms. The number of rotatable bonds is 6. The Morgan fingerprint density at radius 2 is 1.83 bits per heavy atom. The molecular weight excluding hydrogens is 408 g/mol. The minimum atomic E-state index is -1.42. The standard InChI is InChI=1S/C23H27ClO6/c1-2-29-17-6-3-14(4-7-17)9-15-10-16(5-8-18(15)24)23-11-22(12-25,13-30-23)20(27)19(26)21(23)28/h3-8,10,19-21,25-28H,2,9,11-13H2,1H3/t19-,20?,21?,22+,23+/m0/s1. The fraction of sp³-hybridized carbons (Fsp3) is 0.478. The fourth-order valence-electron chi connectivity index (χ4n) is 4.70. The monoisotopic (exact) mass is 434 g/mol. The molecule has 4 N–H and O–H groups in total. The molecule has 0 aromatic heterocycles. The molecule has 1 aliphatic heterocycles. The van der Waals surface area contributed by atoms with Gasteiger partial charge in [0.05, 0.1) is 25.9 Å². The number of hydrogen-bond donors (Lipinski definition) is 4. The topological polar surface area (TPSA) is 99.4 Å². The van der Waals surface area contributed by atoms with Crippen molar-refractivity contribution in [1.29, 1.82) is 0 Å². The van der Waals surface area contributed by atoms with Crippen LogP contribution in [-0.4, -0.2) is 58.6 Å². The van der Waals surface area contributed by atoms with E-state index < -0.39 is 29.3 Å². The highest BCUT2D eigenvalue weighted by Gasteiger charge is 2.65. The van der Waals surface area contributed by atoms with Gasteiger partial charge in [0, 0.05) is 10.4 Å². The highest BCUT2D eigenvalue weighted by atomic mass is 35.5. The Kier molecular flexibility index (Phi) is 5.83. The molecule has 2 aliphatic rings. The Hall–Kier alpha value is -1.67. The molecule has 4 rings (SSSR count). The molecular formula is C23H27ClO6. The Morgan fingerprint density at radius 3 is 2.50 bits per heavy atom. The maximum absolute atomic E-state index is 10.8. The second kappa shape index (κ2) is 8.11. The summed E-state index contributed by atoms with van der Waals surface area (Å²) in [5, 5.41) is 42.2. The normalized spacial score (nSPS) is 32.9. The first kappa shape index (κ1) is 21.6.